The van der Waals surface area contributed by atoms with Crippen molar-refractivity contribution in [2.45, 2.75) is 39.0 Å². The van der Waals surface area contributed by atoms with Gasteiger partial charge >= 0.3 is 5.97 Å². The van der Waals surface area contributed by atoms with Gasteiger partial charge in [-0.2, -0.15) is 0 Å². The average Bonchev–Trinajstić information content (AvgIpc) is 2.94. The number of nitrogens with two attached hydrogens (primary N) is 1. The molecular weight excluding hydrogens is 252 g/mol. The van der Waals surface area contributed by atoms with Crippen molar-refractivity contribution >= 4 is 17.3 Å². The lowest BCUT2D eigenvalue weighted by Crippen LogP contribution is -2.10. The molecule has 20 heavy (non-hydrogen) atoms. The Morgan fingerprint density at radius 2 is 2.15 bits per heavy atom. The van der Waals surface area contributed by atoms with Crippen LogP contribution in [0, 0.1) is 5.92 Å². The molecule has 1 fully saturated rings. The summed E-state index contributed by atoms with van der Waals surface area (Å²) in [7, 11) is 0. The number of carbonyl (C=O) groups is 1. The van der Waals surface area contributed by atoms with E-state index in [-0.39, 0.29) is 5.97 Å². The van der Waals surface area contributed by atoms with Crippen LogP contribution in [-0.2, 0) is 4.74 Å². The Balaban J connectivity index is 1.90. The Kier molecular flexibility index (Phi) is 5.27. The van der Waals surface area contributed by atoms with E-state index in [0.717, 1.165) is 18.2 Å². The third-order valence-corrected chi connectivity index (χ3v) is 3.91. The lowest BCUT2D eigenvalue weighted by atomic mass is 10.0. The van der Waals surface area contributed by atoms with Crippen molar-refractivity contribution in [3.8, 4) is 0 Å². The molecule has 1 saturated carbocycles. The second-order valence-electron chi connectivity index (χ2n) is 5.39. The van der Waals surface area contributed by atoms with Gasteiger partial charge in [-0.15, -0.1) is 0 Å². The number of benzene rings is 1. The molecule has 0 unspecified atom stereocenters. The van der Waals surface area contributed by atoms with Crippen LogP contribution < -0.4 is 11.1 Å². The number of rotatable bonds is 6. The second kappa shape index (κ2) is 7.17. The van der Waals surface area contributed by atoms with Crippen molar-refractivity contribution in [2.24, 2.45) is 5.92 Å². The molecule has 0 bridgehead atoms. The van der Waals surface area contributed by atoms with Gasteiger partial charge in [0.15, 0.2) is 0 Å². The molecule has 2 rings (SSSR count). The van der Waals surface area contributed by atoms with E-state index in [1.54, 1.807) is 19.1 Å². The SMILES string of the molecule is CCOC(=O)c1cc(NCCC2CCCC2)ccc1N. The first-order valence-corrected chi connectivity index (χ1v) is 7.51. The molecule has 0 radical (unpaired) electrons. The first-order chi connectivity index (χ1) is 9.70. The van der Waals surface area contributed by atoms with Crippen LogP contribution in [0.5, 0.6) is 0 Å². The molecule has 1 aromatic rings. The van der Waals surface area contributed by atoms with Gasteiger partial charge in [-0.05, 0) is 37.5 Å². The van der Waals surface area contributed by atoms with Crippen LogP contribution in [0.15, 0.2) is 18.2 Å². The summed E-state index contributed by atoms with van der Waals surface area (Å²) in [4.78, 5) is 11.8. The van der Waals surface area contributed by atoms with Crippen LogP contribution in [0.1, 0.15) is 49.4 Å². The lowest BCUT2D eigenvalue weighted by molar-refractivity contribution is 0.0527. The summed E-state index contributed by atoms with van der Waals surface area (Å²) >= 11 is 0. The van der Waals surface area contributed by atoms with Crippen LogP contribution >= 0.6 is 0 Å². The molecule has 110 valence electrons. The van der Waals surface area contributed by atoms with E-state index in [9.17, 15) is 4.79 Å². The molecule has 0 saturated heterocycles. The molecule has 4 nitrogen and oxygen atoms in total. The highest BCUT2D eigenvalue weighted by Crippen LogP contribution is 2.27. The van der Waals surface area contributed by atoms with Gasteiger partial charge in [0.05, 0.1) is 12.2 Å². The number of hydrogen-bond donors (Lipinski definition) is 2. The smallest absolute Gasteiger partial charge is 0.340 e. The van der Waals surface area contributed by atoms with Crippen LogP contribution in [0.4, 0.5) is 11.4 Å². The summed E-state index contributed by atoms with van der Waals surface area (Å²) in [6, 6.07) is 5.44. The topological polar surface area (TPSA) is 64.3 Å². The van der Waals surface area contributed by atoms with Crippen LogP contribution in [-0.4, -0.2) is 19.1 Å². The molecular formula is C16H24N2O2. The zero-order valence-electron chi connectivity index (χ0n) is 12.2. The van der Waals surface area contributed by atoms with Crippen molar-refractivity contribution in [1.29, 1.82) is 0 Å². The van der Waals surface area contributed by atoms with E-state index in [2.05, 4.69) is 5.32 Å². The van der Waals surface area contributed by atoms with E-state index >= 15 is 0 Å². The van der Waals surface area contributed by atoms with E-state index in [0.29, 0.717) is 17.9 Å². The predicted molar refractivity (Wildman–Crippen MR) is 81.9 cm³/mol. The molecule has 4 heteroatoms. The Bertz CT molecular complexity index is 454. The van der Waals surface area contributed by atoms with E-state index in [1.807, 2.05) is 6.07 Å². The molecule has 0 aromatic heterocycles. The van der Waals surface area contributed by atoms with Crippen molar-refractivity contribution in [3.05, 3.63) is 23.8 Å². The first kappa shape index (κ1) is 14.7. The fraction of sp³-hybridized carbons (Fsp3) is 0.562. The molecule has 0 atom stereocenters. The van der Waals surface area contributed by atoms with Crippen molar-refractivity contribution in [1.82, 2.24) is 0 Å². The predicted octanol–water partition coefficient (Wildman–Crippen LogP) is 3.44. The van der Waals surface area contributed by atoms with Gasteiger partial charge in [0.25, 0.3) is 0 Å². The minimum absolute atomic E-state index is 0.357. The minimum atomic E-state index is -0.357. The van der Waals surface area contributed by atoms with Gasteiger partial charge in [-0.3, -0.25) is 0 Å². The first-order valence-electron chi connectivity index (χ1n) is 7.51. The minimum Gasteiger partial charge on any atom is -0.462 e. The van der Waals surface area contributed by atoms with Gasteiger partial charge in [0.1, 0.15) is 0 Å². The van der Waals surface area contributed by atoms with Gasteiger partial charge in [0, 0.05) is 17.9 Å². The Labute approximate surface area is 120 Å². The van der Waals surface area contributed by atoms with Crippen LogP contribution in [0.2, 0.25) is 0 Å². The van der Waals surface area contributed by atoms with Gasteiger partial charge < -0.3 is 15.8 Å². The van der Waals surface area contributed by atoms with Crippen molar-refractivity contribution in [3.63, 3.8) is 0 Å². The highest BCUT2D eigenvalue weighted by Gasteiger charge is 2.15. The van der Waals surface area contributed by atoms with Gasteiger partial charge in [-0.25, -0.2) is 4.79 Å². The number of hydrogen-bond acceptors (Lipinski definition) is 4. The second-order valence-corrected chi connectivity index (χ2v) is 5.39. The molecule has 1 aliphatic carbocycles. The number of ether oxygens (including phenoxy) is 1. The average molecular weight is 276 g/mol. The van der Waals surface area contributed by atoms with Crippen LogP contribution in [0.3, 0.4) is 0 Å². The van der Waals surface area contributed by atoms with Crippen molar-refractivity contribution in [2.75, 3.05) is 24.2 Å². The Morgan fingerprint density at radius 3 is 2.85 bits per heavy atom. The molecule has 0 aliphatic heterocycles. The monoisotopic (exact) mass is 276 g/mol. The maximum Gasteiger partial charge on any atom is 0.340 e. The fourth-order valence-electron chi connectivity index (χ4n) is 2.77. The molecule has 1 aliphatic rings. The maximum absolute atomic E-state index is 11.8. The number of carbonyl (C=O) groups excluding carboxylic acids is 1. The molecule has 0 heterocycles. The van der Waals surface area contributed by atoms with E-state index < -0.39 is 0 Å². The standard InChI is InChI=1S/C16H24N2O2/c1-2-20-16(19)14-11-13(7-8-15(14)17)18-10-9-12-5-3-4-6-12/h7-8,11-12,18H,2-6,9-10,17H2,1H3. The van der Waals surface area contributed by atoms with Crippen LogP contribution in [0.25, 0.3) is 0 Å². The largest absolute Gasteiger partial charge is 0.462 e. The zero-order valence-corrected chi connectivity index (χ0v) is 12.2. The summed E-state index contributed by atoms with van der Waals surface area (Å²) in [5.74, 6) is 0.505. The quantitative estimate of drug-likeness (QED) is 0.617. The molecule has 3 N–H and O–H groups in total. The third kappa shape index (κ3) is 3.89. The highest BCUT2D eigenvalue weighted by atomic mass is 16.5. The molecule has 0 spiro atoms. The number of nitrogens with one attached hydrogen (secondary N) is 1. The van der Waals surface area contributed by atoms with E-state index in [4.69, 9.17) is 10.5 Å². The van der Waals surface area contributed by atoms with E-state index in [1.165, 1.54) is 32.1 Å². The normalized spacial score (nSPS) is 15.2. The fourth-order valence-corrected chi connectivity index (χ4v) is 2.77. The number of esters is 1. The van der Waals surface area contributed by atoms with Gasteiger partial charge in [-0.1, -0.05) is 25.7 Å². The zero-order chi connectivity index (χ0) is 14.4. The molecule has 1 aromatic carbocycles. The Morgan fingerprint density at radius 1 is 1.40 bits per heavy atom. The summed E-state index contributed by atoms with van der Waals surface area (Å²) in [6.07, 6.45) is 6.66. The highest BCUT2D eigenvalue weighted by molar-refractivity contribution is 5.96. The summed E-state index contributed by atoms with van der Waals surface area (Å²) < 4.78 is 5.00. The summed E-state index contributed by atoms with van der Waals surface area (Å²) in [6.45, 7) is 3.09. The Hall–Kier alpha value is -1.71. The molecule has 0 amide bonds. The number of nitrogen functional groups attached to an aromatic ring is 1. The summed E-state index contributed by atoms with van der Waals surface area (Å²) in [5, 5.41) is 3.37. The lowest BCUT2D eigenvalue weighted by Gasteiger charge is -2.12. The summed E-state index contributed by atoms with van der Waals surface area (Å²) in [5.41, 5.74) is 7.66. The number of anilines is 2. The maximum atomic E-state index is 11.8. The van der Waals surface area contributed by atoms with Gasteiger partial charge in [0.2, 0.25) is 0 Å². The van der Waals surface area contributed by atoms with Crippen molar-refractivity contribution < 1.29 is 9.53 Å². The third-order valence-electron chi connectivity index (χ3n) is 3.91.